The highest BCUT2D eigenvalue weighted by Gasteiger charge is 2.24. The van der Waals surface area contributed by atoms with E-state index in [1.165, 1.54) is 0 Å². The SMILES string of the molecule is C/C=C/C=C/[C@H]1C[C@H](O)CC(=O)O1. The van der Waals surface area contributed by atoms with Gasteiger partial charge in [0, 0.05) is 6.42 Å². The molecule has 0 aliphatic carbocycles. The second-order valence-electron chi connectivity index (χ2n) is 3.03. The molecule has 1 aliphatic heterocycles. The Morgan fingerprint density at radius 3 is 2.92 bits per heavy atom. The number of aliphatic hydroxyl groups is 1. The highest BCUT2D eigenvalue weighted by atomic mass is 16.5. The fourth-order valence-electron chi connectivity index (χ4n) is 1.23. The molecule has 0 unspecified atom stereocenters. The lowest BCUT2D eigenvalue weighted by Crippen LogP contribution is -2.31. The first kappa shape index (κ1) is 9.99. The van der Waals surface area contributed by atoms with Gasteiger partial charge in [-0.15, -0.1) is 0 Å². The molecule has 1 heterocycles. The molecule has 0 spiro atoms. The van der Waals surface area contributed by atoms with Gasteiger partial charge in [-0.05, 0) is 13.0 Å². The number of rotatable bonds is 2. The normalized spacial score (nSPS) is 29.8. The van der Waals surface area contributed by atoms with Crippen molar-refractivity contribution in [2.45, 2.75) is 32.0 Å². The summed E-state index contributed by atoms with van der Waals surface area (Å²) >= 11 is 0. The Bertz CT molecular complexity index is 230. The molecular formula is C10H14O3. The van der Waals surface area contributed by atoms with Gasteiger partial charge in [0.25, 0.3) is 0 Å². The van der Waals surface area contributed by atoms with Gasteiger partial charge in [-0.1, -0.05) is 18.2 Å². The van der Waals surface area contributed by atoms with Crippen molar-refractivity contribution in [1.29, 1.82) is 0 Å². The summed E-state index contributed by atoms with van der Waals surface area (Å²) in [6.45, 7) is 1.91. The lowest BCUT2D eigenvalue weighted by molar-refractivity contribution is -0.156. The minimum atomic E-state index is -0.554. The Labute approximate surface area is 77.7 Å². The van der Waals surface area contributed by atoms with Gasteiger partial charge < -0.3 is 9.84 Å². The number of hydrogen-bond donors (Lipinski definition) is 1. The molecule has 0 radical (unpaired) electrons. The van der Waals surface area contributed by atoms with Crippen molar-refractivity contribution in [1.82, 2.24) is 0 Å². The van der Waals surface area contributed by atoms with Crippen LogP contribution >= 0.6 is 0 Å². The average molecular weight is 182 g/mol. The molecule has 72 valence electrons. The molecule has 0 saturated carbocycles. The van der Waals surface area contributed by atoms with Gasteiger partial charge in [0.05, 0.1) is 12.5 Å². The van der Waals surface area contributed by atoms with Crippen molar-refractivity contribution in [2.75, 3.05) is 0 Å². The maximum Gasteiger partial charge on any atom is 0.309 e. The largest absolute Gasteiger partial charge is 0.458 e. The van der Waals surface area contributed by atoms with Crippen LogP contribution in [-0.4, -0.2) is 23.3 Å². The maximum atomic E-state index is 10.9. The highest BCUT2D eigenvalue weighted by molar-refractivity contribution is 5.71. The summed E-state index contributed by atoms with van der Waals surface area (Å²) in [7, 11) is 0. The van der Waals surface area contributed by atoms with Gasteiger partial charge >= 0.3 is 5.97 Å². The minimum absolute atomic E-state index is 0.119. The van der Waals surface area contributed by atoms with Crippen LogP contribution in [-0.2, 0) is 9.53 Å². The number of allylic oxidation sites excluding steroid dienone is 3. The predicted octanol–water partition coefficient (Wildman–Crippen LogP) is 1.19. The fourth-order valence-corrected chi connectivity index (χ4v) is 1.23. The molecule has 2 atom stereocenters. The van der Waals surface area contributed by atoms with E-state index in [0.29, 0.717) is 6.42 Å². The van der Waals surface area contributed by atoms with E-state index in [2.05, 4.69) is 0 Å². The van der Waals surface area contributed by atoms with Crippen molar-refractivity contribution in [2.24, 2.45) is 0 Å². The van der Waals surface area contributed by atoms with Crippen LogP contribution in [0.4, 0.5) is 0 Å². The zero-order valence-corrected chi connectivity index (χ0v) is 7.64. The van der Waals surface area contributed by atoms with Gasteiger partial charge in [0.15, 0.2) is 0 Å². The number of esters is 1. The van der Waals surface area contributed by atoms with Gasteiger partial charge in [-0.25, -0.2) is 0 Å². The van der Waals surface area contributed by atoms with Crippen molar-refractivity contribution < 1.29 is 14.6 Å². The average Bonchev–Trinajstić information content (AvgIpc) is 2.03. The van der Waals surface area contributed by atoms with Gasteiger partial charge in [0.1, 0.15) is 6.10 Å². The van der Waals surface area contributed by atoms with E-state index < -0.39 is 6.10 Å². The van der Waals surface area contributed by atoms with Gasteiger partial charge in [-0.2, -0.15) is 0 Å². The number of carbonyl (C=O) groups excluding carboxylic acids is 1. The van der Waals surface area contributed by atoms with Gasteiger partial charge in [-0.3, -0.25) is 4.79 Å². The second kappa shape index (κ2) is 4.82. The molecule has 1 fully saturated rings. The first-order valence-electron chi connectivity index (χ1n) is 4.39. The zero-order chi connectivity index (χ0) is 9.68. The molecule has 1 N–H and O–H groups in total. The molecule has 3 nitrogen and oxygen atoms in total. The highest BCUT2D eigenvalue weighted by Crippen LogP contribution is 2.15. The fraction of sp³-hybridized carbons (Fsp3) is 0.500. The van der Waals surface area contributed by atoms with Crippen LogP contribution in [0, 0.1) is 0 Å². The second-order valence-corrected chi connectivity index (χ2v) is 3.03. The third-order valence-corrected chi connectivity index (χ3v) is 1.82. The Kier molecular flexibility index (Phi) is 3.71. The number of cyclic esters (lactones) is 1. The molecule has 0 amide bonds. The maximum absolute atomic E-state index is 10.9. The minimum Gasteiger partial charge on any atom is -0.458 e. The third kappa shape index (κ3) is 3.42. The van der Waals surface area contributed by atoms with Crippen molar-refractivity contribution in [3.8, 4) is 0 Å². The van der Waals surface area contributed by atoms with E-state index >= 15 is 0 Å². The van der Waals surface area contributed by atoms with Crippen LogP contribution in [0.25, 0.3) is 0 Å². The summed E-state index contributed by atoms with van der Waals surface area (Å²) in [6.07, 6.45) is 7.13. The predicted molar refractivity (Wildman–Crippen MR) is 49.1 cm³/mol. The lowest BCUT2D eigenvalue weighted by atomic mass is 10.1. The van der Waals surface area contributed by atoms with Crippen LogP contribution in [0.2, 0.25) is 0 Å². The third-order valence-electron chi connectivity index (χ3n) is 1.82. The van der Waals surface area contributed by atoms with Crippen LogP contribution in [0.3, 0.4) is 0 Å². The summed E-state index contributed by atoms with van der Waals surface area (Å²) in [5.41, 5.74) is 0. The van der Waals surface area contributed by atoms with E-state index in [-0.39, 0.29) is 18.5 Å². The topological polar surface area (TPSA) is 46.5 Å². The molecule has 0 aromatic rings. The van der Waals surface area contributed by atoms with E-state index in [0.717, 1.165) is 0 Å². The lowest BCUT2D eigenvalue weighted by Gasteiger charge is -2.23. The van der Waals surface area contributed by atoms with E-state index in [4.69, 9.17) is 4.74 Å². The standard InChI is InChI=1S/C10H14O3/c1-2-3-4-5-9-6-8(11)7-10(12)13-9/h2-5,8-9,11H,6-7H2,1H3/b3-2+,5-4+/t8-,9-/m0/s1. The number of ether oxygens (including phenoxy) is 1. The van der Waals surface area contributed by atoms with E-state index in [1.54, 1.807) is 6.08 Å². The zero-order valence-electron chi connectivity index (χ0n) is 7.64. The quantitative estimate of drug-likeness (QED) is 0.515. The molecular weight excluding hydrogens is 168 g/mol. The molecule has 0 bridgehead atoms. The van der Waals surface area contributed by atoms with E-state index in [1.807, 2.05) is 25.2 Å². The first-order valence-corrected chi connectivity index (χ1v) is 4.39. The molecule has 13 heavy (non-hydrogen) atoms. The Morgan fingerprint density at radius 1 is 1.54 bits per heavy atom. The van der Waals surface area contributed by atoms with E-state index in [9.17, 15) is 9.90 Å². The smallest absolute Gasteiger partial charge is 0.309 e. The Balaban J connectivity index is 2.45. The van der Waals surface area contributed by atoms with Gasteiger partial charge in [0.2, 0.25) is 0 Å². The molecule has 3 heteroatoms. The molecule has 1 aliphatic rings. The van der Waals surface area contributed by atoms with Crippen molar-refractivity contribution >= 4 is 5.97 Å². The molecule has 0 aromatic carbocycles. The van der Waals surface area contributed by atoms with Crippen LogP contribution in [0.1, 0.15) is 19.8 Å². The first-order chi connectivity index (χ1) is 6.22. The molecule has 1 rings (SSSR count). The number of aliphatic hydroxyl groups excluding tert-OH is 1. The summed E-state index contributed by atoms with van der Waals surface area (Å²) < 4.78 is 4.98. The van der Waals surface area contributed by atoms with Crippen molar-refractivity contribution in [3.63, 3.8) is 0 Å². The van der Waals surface area contributed by atoms with Crippen LogP contribution in [0.5, 0.6) is 0 Å². The van der Waals surface area contributed by atoms with Crippen LogP contribution in [0.15, 0.2) is 24.3 Å². The summed E-state index contributed by atoms with van der Waals surface area (Å²) in [6, 6.07) is 0. The summed E-state index contributed by atoms with van der Waals surface area (Å²) in [5.74, 6) is -0.325. The van der Waals surface area contributed by atoms with Crippen molar-refractivity contribution in [3.05, 3.63) is 24.3 Å². The Hall–Kier alpha value is -1.09. The Morgan fingerprint density at radius 2 is 2.31 bits per heavy atom. The van der Waals surface area contributed by atoms with Crippen LogP contribution < -0.4 is 0 Å². The summed E-state index contributed by atoms with van der Waals surface area (Å²) in [4.78, 5) is 10.9. The molecule has 1 saturated heterocycles. The number of carbonyl (C=O) groups is 1. The summed E-state index contributed by atoms with van der Waals surface area (Å²) in [5, 5.41) is 9.25. The molecule has 0 aromatic heterocycles. The number of hydrogen-bond acceptors (Lipinski definition) is 3. The monoisotopic (exact) mass is 182 g/mol.